The first-order valence-electron chi connectivity index (χ1n) is 8.82. The van der Waals surface area contributed by atoms with E-state index in [1.807, 2.05) is 0 Å². The van der Waals surface area contributed by atoms with Gasteiger partial charge in [0.15, 0.2) is 0 Å². The number of hydrogen-bond acceptors (Lipinski definition) is 3. The van der Waals surface area contributed by atoms with E-state index >= 15 is 0 Å². The average Bonchev–Trinajstić information content (AvgIpc) is 3.28. The molecule has 154 valence electrons. The van der Waals surface area contributed by atoms with E-state index in [9.17, 15) is 32.3 Å². The molecular weight excluding hydrogens is 384 g/mol. The van der Waals surface area contributed by atoms with Crippen molar-refractivity contribution in [3.63, 3.8) is 0 Å². The van der Waals surface area contributed by atoms with Gasteiger partial charge in [0.25, 0.3) is 0 Å². The fourth-order valence-corrected chi connectivity index (χ4v) is 3.89. The second-order valence-corrected chi connectivity index (χ2v) is 7.08. The first-order valence-corrected chi connectivity index (χ1v) is 8.82. The maximum absolute atomic E-state index is 13.7. The number of ether oxygens (including phenoxy) is 1. The molecule has 0 radical (unpaired) electrons. The van der Waals surface area contributed by atoms with Crippen molar-refractivity contribution >= 4 is 12.2 Å². The first-order chi connectivity index (χ1) is 13.1. The number of nitrogens with zero attached hydrogens (tertiary/aromatic N) is 2. The van der Waals surface area contributed by atoms with E-state index in [1.54, 1.807) is 0 Å². The zero-order valence-corrected chi connectivity index (χ0v) is 15.1. The number of amides is 2. The molecule has 2 fully saturated rings. The van der Waals surface area contributed by atoms with Crippen LogP contribution >= 0.6 is 0 Å². The van der Waals surface area contributed by atoms with Crippen LogP contribution in [0.4, 0.5) is 27.2 Å². The van der Waals surface area contributed by atoms with Crippen LogP contribution in [-0.4, -0.2) is 53.3 Å². The quantitative estimate of drug-likeness (QED) is 0.769. The van der Waals surface area contributed by atoms with Gasteiger partial charge in [-0.15, -0.1) is 0 Å². The van der Waals surface area contributed by atoms with Gasteiger partial charge in [-0.1, -0.05) is 6.07 Å². The summed E-state index contributed by atoms with van der Waals surface area (Å²) in [6.07, 6.45) is -4.81. The van der Waals surface area contributed by atoms with Crippen LogP contribution in [0, 0.1) is 5.82 Å². The van der Waals surface area contributed by atoms with Gasteiger partial charge >= 0.3 is 18.4 Å². The van der Waals surface area contributed by atoms with Crippen LogP contribution in [-0.2, 0) is 16.5 Å². The lowest BCUT2D eigenvalue weighted by Crippen LogP contribution is -2.49. The summed E-state index contributed by atoms with van der Waals surface area (Å²) in [5, 5.41) is 9.31. The number of methoxy groups -OCH3 is 1. The first kappa shape index (κ1) is 20.2. The molecule has 1 aromatic carbocycles. The second kappa shape index (κ2) is 7.14. The highest BCUT2D eigenvalue weighted by atomic mass is 19.4. The number of alkyl halides is 3. The predicted octanol–water partition coefficient (Wildman–Crippen LogP) is 4.04. The Balaban J connectivity index is 1.95. The van der Waals surface area contributed by atoms with Crippen molar-refractivity contribution in [2.24, 2.45) is 0 Å². The molecule has 1 heterocycles. The van der Waals surface area contributed by atoms with Crippen molar-refractivity contribution in [3.8, 4) is 0 Å². The van der Waals surface area contributed by atoms with Crippen molar-refractivity contribution in [2.75, 3.05) is 20.2 Å². The Kier molecular flexibility index (Phi) is 5.16. The molecule has 28 heavy (non-hydrogen) atoms. The molecule has 0 bridgehead atoms. The Morgan fingerprint density at radius 1 is 1.36 bits per heavy atom. The third-order valence-electron chi connectivity index (χ3n) is 5.46. The van der Waals surface area contributed by atoms with E-state index < -0.39 is 41.3 Å². The van der Waals surface area contributed by atoms with Gasteiger partial charge in [0.05, 0.1) is 24.3 Å². The third kappa shape index (κ3) is 3.59. The molecule has 2 aliphatic rings. The predicted molar refractivity (Wildman–Crippen MR) is 89.2 cm³/mol. The minimum atomic E-state index is -4.86. The van der Waals surface area contributed by atoms with E-state index in [0.717, 1.165) is 19.2 Å². The highest BCUT2D eigenvalue weighted by molar-refractivity contribution is 5.70. The largest absolute Gasteiger partial charge is 0.465 e. The number of halogens is 4. The summed E-state index contributed by atoms with van der Waals surface area (Å²) in [7, 11) is 1.15. The van der Waals surface area contributed by atoms with E-state index in [2.05, 4.69) is 0 Å². The highest BCUT2D eigenvalue weighted by Gasteiger charge is 2.54. The Labute approximate surface area is 158 Å². The summed E-state index contributed by atoms with van der Waals surface area (Å²) in [5.74, 6) is -1.38. The van der Waals surface area contributed by atoms with Crippen molar-refractivity contribution in [1.29, 1.82) is 0 Å². The van der Waals surface area contributed by atoms with Crippen LogP contribution in [0.2, 0.25) is 0 Å². The molecule has 0 aromatic heterocycles. The van der Waals surface area contributed by atoms with E-state index in [-0.39, 0.29) is 12.1 Å². The number of likely N-dealkylation sites (tertiary alicyclic amines) is 1. The molecule has 1 aliphatic carbocycles. The molecule has 1 saturated carbocycles. The number of carboxylic acid groups (broad SMARTS) is 1. The molecule has 1 saturated heterocycles. The zero-order chi connectivity index (χ0) is 20.7. The Hall–Kier alpha value is -2.52. The number of carbonyl (C=O) groups is 2. The fraction of sp³-hybridized carbons (Fsp3) is 0.556. The van der Waals surface area contributed by atoms with Gasteiger partial charge in [-0.05, 0) is 43.4 Å². The molecule has 6 nitrogen and oxygen atoms in total. The smallest absolute Gasteiger partial charge is 0.419 e. The number of carbonyl (C=O) groups excluding carboxylic acids is 1. The minimum Gasteiger partial charge on any atom is -0.465 e. The molecule has 2 amide bonds. The van der Waals surface area contributed by atoms with Crippen LogP contribution in [0.5, 0.6) is 0 Å². The highest BCUT2D eigenvalue weighted by Crippen LogP contribution is 2.52. The number of benzene rings is 1. The van der Waals surface area contributed by atoms with Crippen LogP contribution in [0.25, 0.3) is 0 Å². The molecule has 1 atom stereocenters. The van der Waals surface area contributed by atoms with Gasteiger partial charge in [-0.2, -0.15) is 13.2 Å². The summed E-state index contributed by atoms with van der Waals surface area (Å²) in [4.78, 5) is 26.3. The topological polar surface area (TPSA) is 70.1 Å². The van der Waals surface area contributed by atoms with Gasteiger partial charge in [0.2, 0.25) is 0 Å². The fourth-order valence-electron chi connectivity index (χ4n) is 3.89. The normalized spacial score (nSPS) is 20.8. The lowest BCUT2D eigenvalue weighted by Gasteiger charge is -2.35. The van der Waals surface area contributed by atoms with Gasteiger partial charge in [0.1, 0.15) is 5.82 Å². The summed E-state index contributed by atoms with van der Waals surface area (Å²) in [6, 6.07) is 2.22. The number of rotatable bonds is 4. The van der Waals surface area contributed by atoms with Gasteiger partial charge in [-0.25, -0.2) is 14.0 Å². The monoisotopic (exact) mass is 404 g/mol. The maximum atomic E-state index is 13.7. The summed E-state index contributed by atoms with van der Waals surface area (Å²) in [6.45, 7) is 0.328. The van der Waals surface area contributed by atoms with Gasteiger partial charge in [-0.3, -0.25) is 4.90 Å². The molecular formula is C18H20F4N2O4. The van der Waals surface area contributed by atoms with Crippen molar-refractivity contribution in [2.45, 2.75) is 43.4 Å². The summed E-state index contributed by atoms with van der Waals surface area (Å²) < 4.78 is 57.8. The van der Waals surface area contributed by atoms with E-state index in [0.29, 0.717) is 32.2 Å². The van der Waals surface area contributed by atoms with E-state index in [4.69, 9.17) is 4.74 Å². The van der Waals surface area contributed by atoms with Crippen molar-refractivity contribution < 1.29 is 37.0 Å². The van der Waals surface area contributed by atoms with Crippen LogP contribution < -0.4 is 0 Å². The SMILES string of the molecule is COC(=O)N(CC1CCCN1C(=O)O)C1(c2ccc(F)c(C(F)(F)F)c2)CC1. The van der Waals surface area contributed by atoms with Crippen molar-refractivity contribution in [1.82, 2.24) is 9.80 Å². The maximum Gasteiger partial charge on any atom is 0.419 e. The molecule has 1 unspecified atom stereocenters. The lowest BCUT2D eigenvalue weighted by molar-refractivity contribution is -0.140. The Morgan fingerprint density at radius 2 is 2.04 bits per heavy atom. The Bertz CT molecular complexity index is 779. The minimum absolute atomic E-state index is 0.00228. The van der Waals surface area contributed by atoms with Crippen LogP contribution in [0.1, 0.15) is 36.8 Å². The third-order valence-corrected chi connectivity index (χ3v) is 5.46. The van der Waals surface area contributed by atoms with Gasteiger partial charge < -0.3 is 14.7 Å². The molecule has 3 rings (SSSR count). The zero-order valence-electron chi connectivity index (χ0n) is 15.1. The molecule has 1 N–H and O–H groups in total. The van der Waals surface area contributed by atoms with Crippen molar-refractivity contribution in [3.05, 3.63) is 35.1 Å². The van der Waals surface area contributed by atoms with Gasteiger partial charge in [0, 0.05) is 13.1 Å². The molecule has 1 aliphatic heterocycles. The summed E-state index contributed by atoms with van der Waals surface area (Å²) in [5.41, 5.74) is -2.30. The Morgan fingerprint density at radius 3 is 2.57 bits per heavy atom. The standard InChI is InChI=1S/C18H20F4N2O4/c1-28-16(27)24(10-12-3-2-8-23(12)15(25)26)17(6-7-17)11-4-5-14(19)13(9-11)18(20,21)22/h4-5,9,12H,2-3,6-8,10H2,1H3,(H,25,26). The summed E-state index contributed by atoms with van der Waals surface area (Å²) >= 11 is 0. The van der Waals surface area contributed by atoms with E-state index in [1.165, 1.54) is 15.9 Å². The molecule has 0 spiro atoms. The van der Waals surface area contributed by atoms with Crippen LogP contribution in [0.3, 0.4) is 0 Å². The lowest BCUT2D eigenvalue weighted by atomic mass is 9.99. The number of hydrogen-bond donors (Lipinski definition) is 1. The second-order valence-electron chi connectivity index (χ2n) is 7.08. The molecule has 1 aromatic rings. The van der Waals surface area contributed by atoms with Crippen LogP contribution in [0.15, 0.2) is 18.2 Å². The average molecular weight is 404 g/mol. The molecule has 10 heteroatoms.